The van der Waals surface area contributed by atoms with Crippen LogP contribution in [0.25, 0.3) is 0 Å². The average molecular weight is 195 g/mol. The van der Waals surface area contributed by atoms with E-state index in [1.807, 2.05) is 12.1 Å². The summed E-state index contributed by atoms with van der Waals surface area (Å²) in [5.74, 6) is 1.53. The molecule has 1 aliphatic rings. The number of rotatable bonds is 2. The Morgan fingerprint density at radius 3 is 2.86 bits per heavy atom. The molecule has 3 nitrogen and oxygen atoms in total. The van der Waals surface area contributed by atoms with Crippen molar-refractivity contribution in [1.29, 1.82) is 0 Å². The molecule has 0 amide bonds. The van der Waals surface area contributed by atoms with Gasteiger partial charge in [-0.25, -0.2) is 0 Å². The lowest BCUT2D eigenvalue weighted by Crippen LogP contribution is -2.45. The van der Waals surface area contributed by atoms with Gasteiger partial charge in [0.1, 0.15) is 11.9 Å². The minimum atomic E-state index is 0.0833. The Morgan fingerprint density at radius 1 is 1.50 bits per heavy atom. The Hall–Kier alpha value is -0.800. The second-order valence-electron chi connectivity index (χ2n) is 4.10. The fourth-order valence-electron chi connectivity index (χ4n) is 1.68. The summed E-state index contributed by atoms with van der Waals surface area (Å²) in [7, 11) is 0. The number of hydrogen-bond acceptors (Lipinski definition) is 3. The molecule has 2 unspecified atom stereocenters. The summed E-state index contributed by atoms with van der Waals surface area (Å²) in [5, 5.41) is 3.47. The Balaban J connectivity index is 1.90. The van der Waals surface area contributed by atoms with Crippen molar-refractivity contribution in [3.63, 3.8) is 0 Å². The van der Waals surface area contributed by atoms with Crippen molar-refractivity contribution in [3.05, 3.63) is 24.2 Å². The molecular formula is C11H17NO2. The van der Waals surface area contributed by atoms with Gasteiger partial charge in [-0.3, -0.25) is 0 Å². The van der Waals surface area contributed by atoms with E-state index in [0.29, 0.717) is 12.0 Å². The quantitative estimate of drug-likeness (QED) is 0.783. The molecule has 0 aromatic carbocycles. The van der Waals surface area contributed by atoms with Crippen LogP contribution in [0.2, 0.25) is 0 Å². The van der Waals surface area contributed by atoms with Crippen LogP contribution in [0.15, 0.2) is 22.8 Å². The minimum Gasteiger partial charge on any atom is -0.467 e. The van der Waals surface area contributed by atoms with Crippen molar-refractivity contribution in [3.8, 4) is 0 Å². The highest BCUT2D eigenvalue weighted by atomic mass is 16.5. The highest BCUT2D eigenvalue weighted by Crippen LogP contribution is 2.21. The third-order valence-corrected chi connectivity index (χ3v) is 2.71. The van der Waals surface area contributed by atoms with Gasteiger partial charge in [-0.2, -0.15) is 0 Å². The Labute approximate surface area is 84.4 Å². The van der Waals surface area contributed by atoms with Gasteiger partial charge in [-0.1, -0.05) is 13.8 Å². The van der Waals surface area contributed by atoms with Gasteiger partial charge in [-0.15, -0.1) is 0 Å². The van der Waals surface area contributed by atoms with E-state index in [-0.39, 0.29) is 6.10 Å². The monoisotopic (exact) mass is 195 g/mol. The molecule has 1 aromatic rings. The predicted molar refractivity (Wildman–Crippen MR) is 54.0 cm³/mol. The zero-order valence-corrected chi connectivity index (χ0v) is 8.69. The first-order valence-corrected chi connectivity index (χ1v) is 5.15. The van der Waals surface area contributed by atoms with E-state index < -0.39 is 0 Å². The smallest absolute Gasteiger partial charge is 0.133 e. The molecule has 1 N–H and O–H groups in total. The van der Waals surface area contributed by atoms with Crippen molar-refractivity contribution in [2.45, 2.75) is 26.0 Å². The van der Waals surface area contributed by atoms with Gasteiger partial charge < -0.3 is 14.5 Å². The third-order valence-electron chi connectivity index (χ3n) is 2.71. The van der Waals surface area contributed by atoms with E-state index in [0.717, 1.165) is 18.9 Å². The summed E-state index contributed by atoms with van der Waals surface area (Å²) in [5.41, 5.74) is 0. The Morgan fingerprint density at radius 2 is 2.36 bits per heavy atom. The third kappa shape index (κ3) is 1.99. The standard InChI is InChI=1S/C11H17NO2/c1-8(2)9-7-14-11(6-12-9)10-4-3-5-13-10/h3-5,8-9,11-12H,6-7H2,1-2H3. The minimum absolute atomic E-state index is 0.0833. The zero-order chi connectivity index (χ0) is 9.97. The molecule has 0 saturated carbocycles. The molecule has 0 bridgehead atoms. The summed E-state index contributed by atoms with van der Waals surface area (Å²) in [6, 6.07) is 4.33. The molecule has 3 heteroatoms. The number of hydrogen-bond donors (Lipinski definition) is 1. The molecule has 78 valence electrons. The van der Waals surface area contributed by atoms with Crippen LogP contribution in [0.5, 0.6) is 0 Å². The van der Waals surface area contributed by atoms with Crippen molar-refractivity contribution in [1.82, 2.24) is 5.32 Å². The van der Waals surface area contributed by atoms with E-state index in [1.54, 1.807) is 6.26 Å². The van der Waals surface area contributed by atoms with Crippen LogP contribution in [0.3, 0.4) is 0 Å². The van der Waals surface area contributed by atoms with Crippen molar-refractivity contribution in [2.75, 3.05) is 13.2 Å². The highest BCUT2D eigenvalue weighted by Gasteiger charge is 2.25. The molecule has 1 saturated heterocycles. The maximum absolute atomic E-state index is 5.74. The first-order chi connectivity index (χ1) is 6.77. The van der Waals surface area contributed by atoms with Crippen LogP contribution in [0, 0.1) is 5.92 Å². The van der Waals surface area contributed by atoms with Crippen molar-refractivity contribution >= 4 is 0 Å². The van der Waals surface area contributed by atoms with Gasteiger partial charge in [0, 0.05) is 12.6 Å². The second kappa shape index (κ2) is 4.15. The van der Waals surface area contributed by atoms with Crippen LogP contribution in [0.1, 0.15) is 25.7 Å². The lowest BCUT2D eigenvalue weighted by Gasteiger charge is -2.31. The normalized spacial score (nSPS) is 28.2. The predicted octanol–water partition coefficient (Wildman–Crippen LogP) is 1.97. The molecular weight excluding hydrogens is 178 g/mol. The summed E-state index contributed by atoms with van der Waals surface area (Å²) in [4.78, 5) is 0. The zero-order valence-electron chi connectivity index (χ0n) is 8.69. The first-order valence-electron chi connectivity index (χ1n) is 5.15. The lowest BCUT2D eigenvalue weighted by atomic mass is 10.0. The fourth-order valence-corrected chi connectivity index (χ4v) is 1.68. The summed E-state index contributed by atoms with van der Waals surface area (Å²) < 4.78 is 11.0. The van der Waals surface area contributed by atoms with Crippen molar-refractivity contribution in [2.24, 2.45) is 5.92 Å². The van der Waals surface area contributed by atoms with Gasteiger partial charge in [0.15, 0.2) is 0 Å². The SMILES string of the molecule is CC(C)C1COC(c2ccco2)CN1. The van der Waals surface area contributed by atoms with Gasteiger partial charge in [0.25, 0.3) is 0 Å². The maximum Gasteiger partial charge on any atom is 0.133 e. The molecule has 1 fully saturated rings. The largest absolute Gasteiger partial charge is 0.467 e. The van der Waals surface area contributed by atoms with E-state index in [1.165, 1.54) is 0 Å². The molecule has 2 atom stereocenters. The summed E-state index contributed by atoms with van der Waals surface area (Å²) in [6.45, 7) is 6.02. The molecule has 1 aromatic heterocycles. The van der Waals surface area contributed by atoms with E-state index in [9.17, 15) is 0 Å². The molecule has 14 heavy (non-hydrogen) atoms. The van der Waals surface area contributed by atoms with Crippen LogP contribution in [-0.2, 0) is 4.74 Å². The summed E-state index contributed by atoms with van der Waals surface area (Å²) >= 11 is 0. The molecule has 2 rings (SSSR count). The van der Waals surface area contributed by atoms with Crippen LogP contribution in [-0.4, -0.2) is 19.2 Å². The number of ether oxygens (including phenoxy) is 1. The second-order valence-corrected chi connectivity index (χ2v) is 4.10. The van der Waals surface area contributed by atoms with E-state index in [4.69, 9.17) is 9.15 Å². The lowest BCUT2D eigenvalue weighted by molar-refractivity contribution is -0.0179. The fraction of sp³-hybridized carbons (Fsp3) is 0.636. The number of nitrogens with one attached hydrogen (secondary N) is 1. The van der Waals surface area contributed by atoms with Gasteiger partial charge in [0.2, 0.25) is 0 Å². The first kappa shape index (κ1) is 9.74. The Bertz CT molecular complexity index is 261. The van der Waals surface area contributed by atoms with Gasteiger partial charge in [-0.05, 0) is 18.1 Å². The molecule has 1 aliphatic heterocycles. The average Bonchev–Trinajstić information content (AvgIpc) is 2.71. The highest BCUT2D eigenvalue weighted by molar-refractivity contribution is 5.04. The maximum atomic E-state index is 5.74. The number of furan rings is 1. The Kier molecular flexibility index (Phi) is 2.89. The molecule has 2 heterocycles. The molecule has 0 spiro atoms. The van der Waals surface area contributed by atoms with Crippen LogP contribution < -0.4 is 5.32 Å². The van der Waals surface area contributed by atoms with Crippen LogP contribution >= 0.6 is 0 Å². The van der Waals surface area contributed by atoms with Gasteiger partial charge in [0.05, 0.1) is 12.9 Å². The molecule has 0 aliphatic carbocycles. The van der Waals surface area contributed by atoms with E-state index >= 15 is 0 Å². The van der Waals surface area contributed by atoms with Crippen LogP contribution in [0.4, 0.5) is 0 Å². The molecule has 0 radical (unpaired) electrons. The van der Waals surface area contributed by atoms with Crippen molar-refractivity contribution < 1.29 is 9.15 Å². The number of morpholine rings is 1. The topological polar surface area (TPSA) is 34.4 Å². The summed E-state index contributed by atoms with van der Waals surface area (Å²) in [6.07, 6.45) is 1.77. The van der Waals surface area contributed by atoms with E-state index in [2.05, 4.69) is 19.2 Å². The van der Waals surface area contributed by atoms with Gasteiger partial charge >= 0.3 is 0 Å².